The van der Waals surface area contributed by atoms with Crippen LogP contribution in [0.25, 0.3) is 5.57 Å². The van der Waals surface area contributed by atoms with Crippen LogP contribution in [0.3, 0.4) is 0 Å². The van der Waals surface area contributed by atoms with E-state index in [0.29, 0.717) is 0 Å². The van der Waals surface area contributed by atoms with Gasteiger partial charge in [-0.05, 0) is 57.8 Å². The lowest BCUT2D eigenvalue weighted by molar-refractivity contribution is 0.704. The van der Waals surface area contributed by atoms with Gasteiger partial charge >= 0.3 is 6.98 Å². The van der Waals surface area contributed by atoms with E-state index in [9.17, 15) is 0 Å². The molecule has 0 aliphatic carbocycles. The third-order valence-electron chi connectivity index (χ3n) is 8.58. The summed E-state index contributed by atoms with van der Waals surface area (Å²) in [6.07, 6.45) is 2.88. The van der Waals surface area contributed by atoms with Crippen molar-refractivity contribution in [2.24, 2.45) is 0 Å². The predicted molar refractivity (Wildman–Crippen MR) is 205 cm³/mol. The molecule has 0 aromatic heterocycles. The highest BCUT2D eigenvalue weighted by atomic mass is 31.1. The minimum Gasteiger partial charge on any atom is -0.378 e. The standard InChI is InChI=1S/C40H42BN3P2/c1-5-18-40(34-27-29-35(30-28-34)42(3)4)33(2)41-43(45(36-19-10-6-11-20-36)37-21-12-7-13-22-37)31-32-44(41)46(38-23-14-8-15-24-38)39-25-16-9-17-26-39/h5-17,19-30H,1,18,31-32H2,2-4H3/b40-33-. The molecule has 1 fully saturated rings. The molecule has 1 heterocycles. The number of anilines is 1. The Labute approximate surface area is 278 Å². The molecule has 5 aromatic carbocycles. The third kappa shape index (κ3) is 6.97. The smallest absolute Gasteiger partial charge is 0.350 e. The van der Waals surface area contributed by atoms with Crippen molar-refractivity contribution < 1.29 is 0 Å². The first-order valence-electron chi connectivity index (χ1n) is 16.0. The Morgan fingerprint density at radius 2 is 1.00 bits per heavy atom. The summed E-state index contributed by atoms with van der Waals surface area (Å²) in [7, 11) is 2.61. The summed E-state index contributed by atoms with van der Waals surface area (Å²) < 4.78 is 5.63. The number of hydrogen-bond acceptors (Lipinski definition) is 3. The monoisotopic (exact) mass is 637 g/mol. The lowest BCUT2D eigenvalue weighted by Gasteiger charge is -2.38. The van der Waals surface area contributed by atoms with Crippen LogP contribution >= 0.6 is 16.1 Å². The van der Waals surface area contributed by atoms with Crippen LogP contribution in [0.2, 0.25) is 0 Å². The molecule has 6 rings (SSSR count). The molecule has 1 aliphatic rings. The second-order valence-corrected chi connectivity index (χ2v) is 16.1. The van der Waals surface area contributed by atoms with Crippen LogP contribution in [0.5, 0.6) is 0 Å². The summed E-state index contributed by atoms with van der Waals surface area (Å²) in [5.41, 5.74) is 5.22. The molecular weight excluding hydrogens is 595 g/mol. The molecule has 0 radical (unpaired) electrons. The molecule has 1 aliphatic heterocycles. The van der Waals surface area contributed by atoms with Crippen molar-refractivity contribution >= 4 is 55.6 Å². The van der Waals surface area contributed by atoms with Gasteiger partial charge in [0.1, 0.15) is 0 Å². The fourth-order valence-corrected chi connectivity index (χ4v) is 11.7. The highest BCUT2D eigenvalue weighted by molar-refractivity contribution is 7.74. The lowest BCUT2D eigenvalue weighted by atomic mass is 9.66. The lowest BCUT2D eigenvalue weighted by Crippen LogP contribution is -2.46. The van der Waals surface area contributed by atoms with Gasteiger partial charge in [0.15, 0.2) is 0 Å². The van der Waals surface area contributed by atoms with E-state index < -0.39 is 16.1 Å². The van der Waals surface area contributed by atoms with E-state index in [1.165, 1.54) is 43.5 Å². The maximum Gasteiger partial charge on any atom is 0.350 e. The number of nitrogens with zero attached hydrogens (tertiary/aromatic N) is 3. The highest BCUT2D eigenvalue weighted by Gasteiger charge is 2.46. The molecule has 0 atom stereocenters. The number of hydrogen-bond donors (Lipinski definition) is 0. The Morgan fingerprint density at radius 1 is 0.630 bits per heavy atom. The molecule has 0 saturated carbocycles. The average Bonchev–Trinajstić information content (AvgIpc) is 3.53. The van der Waals surface area contributed by atoms with Crippen molar-refractivity contribution in [2.45, 2.75) is 13.3 Å². The van der Waals surface area contributed by atoms with Gasteiger partial charge in [-0.1, -0.05) is 145 Å². The summed E-state index contributed by atoms with van der Waals surface area (Å²) in [5, 5.41) is 5.53. The van der Waals surface area contributed by atoms with Crippen LogP contribution in [-0.4, -0.2) is 43.3 Å². The van der Waals surface area contributed by atoms with E-state index >= 15 is 0 Å². The Morgan fingerprint density at radius 3 is 1.33 bits per heavy atom. The quantitative estimate of drug-likeness (QED) is 0.0831. The Hall–Kier alpha value is -3.78. The molecule has 6 heteroatoms. The summed E-state index contributed by atoms with van der Waals surface area (Å²) in [6.45, 7) is 8.66. The zero-order chi connectivity index (χ0) is 31.9. The Kier molecular flexibility index (Phi) is 10.6. The second-order valence-electron chi connectivity index (χ2n) is 11.8. The van der Waals surface area contributed by atoms with E-state index in [0.717, 1.165) is 19.5 Å². The number of benzene rings is 5. The third-order valence-corrected chi connectivity index (χ3v) is 13.6. The first-order chi connectivity index (χ1) is 22.6. The molecule has 0 unspecified atom stereocenters. The van der Waals surface area contributed by atoms with Crippen LogP contribution in [0, 0.1) is 0 Å². The van der Waals surface area contributed by atoms with Gasteiger partial charge < -0.3 is 4.90 Å². The minimum absolute atomic E-state index is 0.0986. The van der Waals surface area contributed by atoms with Crippen LogP contribution in [-0.2, 0) is 0 Å². The maximum absolute atomic E-state index is 4.22. The summed E-state index contributed by atoms with van der Waals surface area (Å²) in [5.74, 6) is 0. The number of allylic oxidation sites excluding steroid dienone is 3. The molecule has 5 aromatic rings. The predicted octanol–water partition coefficient (Wildman–Crippen LogP) is 7.84. The number of rotatable bonds is 11. The Balaban J connectivity index is 1.56. The van der Waals surface area contributed by atoms with Gasteiger partial charge in [-0.15, -0.1) is 6.58 Å². The largest absolute Gasteiger partial charge is 0.378 e. The second kappa shape index (κ2) is 15.2. The van der Waals surface area contributed by atoms with Crippen LogP contribution in [0.4, 0.5) is 5.69 Å². The van der Waals surface area contributed by atoms with Gasteiger partial charge in [-0.3, -0.25) is 9.16 Å². The maximum atomic E-state index is 4.22. The van der Waals surface area contributed by atoms with E-state index in [2.05, 4.69) is 193 Å². The van der Waals surface area contributed by atoms with Crippen molar-refractivity contribution in [1.29, 1.82) is 0 Å². The molecule has 1 saturated heterocycles. The summed E-state index contributed by atoms with van der Waals surface area (Å²) in [6, 6.07) is 53.6. The van der Waals surface area contributed by atoms with E-state index in [-0.39, 0.29) is 6.98 Å². The minimum atomic E-state index is -0.794. The van der Waals surface area contributed by atoms with E-state index in [1.807, 2.05) is 0 Å². The highest BCUT2D eigenvalue weighted by Crippen LogP contribution is 2.51. The van der Waals surface area contributed by atoms with Gasteiger partial charge in [-0.2, -0.15) is 0 Å². The molecule has 0 bridgehead atoms. The van der Waals surface area contributed by atoms with E-state index in [1.54, 1.807) is 0 Å². The summed E-state index contributed by atoms with van der Waals surface area (Å²) in [4.78, 5) is 2.16. The van der Waals surface area contributed by atoms with Gasteiger partial charge in [0, 0.05) is 49.0 Å². The zero-order valence-corrected chi connectivity index (χ0v) is 28.9. The first-order valence-corrected chi connectivity index (χ1v) is 18.6. The molecule has 0 amide bonds. The topological polar surface area (TPSA) is 9.72 Å². The zero-order valence-electron chi connectivity index (χ0n) is 27.1. The molecular formula is C40H42BN3P2. The average molecular weight is 638 g/mol. The van der Waals surface area contributed by atoms with Gasteiger partial charge in [0.2, 0.25) is 0 Å². The van der Waals surface area contributed by atoms with Gasteiger partial charge in [0.05, 0.1) is 0 Å². The van der Waals surface area contributed by atoms with Crippen LogP contribution in [0.15, 0.2) is 164 Å². The molecule has 230 valence electrons. The van der Waals surface area contributed by atoms with Crippen molar-refractivity contribution in [3.05, 3.63) is 169 Å². The van der Waals surface area contributed by atoms with Crippen LogP contribution in [0.1, 0.15) is 18.9 Å². The molecule has 0 spiro atoms. The summed E-state index contributed by atoms with van der Waals surface area (Å²) >= 11 is 0. The fraction of sp³-hybridized carbons (Fsp3) is 0.150. The normalized spacial score (nSPS) is 14.5. The molecule has 46 heavy (non-hydrogen) atoms. The fourth-order valence-electron chi connectivity index (χ4n) is 6.40. The Bertz CT molecular complexity index is 1560. The molecule has 3 nitrogen and oxygen atoms in total. The van der Waals surface area contributed by atoms with Crippen molar-refractivity contribution in [3.63, 3.8) is 0 Å². The van der Waals surface area contributed by atoms with Crippen molar-refractivity contribution in [1.82, 2.24) is 9.16 Å². The van der Waals surface area contributed by atoms with Crippen molar-refractivity contribution in [2.75, 3.05) is 32.1 Å². The molecule has 0 N–H and O–H groups in total. The SMILES string of the molecule is C=CC/C(=C(\C)B1N(P(c2ccccc2)c2ccccc2)CCN1P(c1ccccc1)c1ccccc1)c1ccc(N(C)C)cc1. The first kappa shape index (κ1) is 32.2. The van der Waals surface area contributed by atoms with E-state index in [4.69, 9.17) is 0 Å². The van der Waals surface area contributed by atoms with Crippen LogP contribution < -0.4 is 26.1 Å². The van der Waals surface area contributed by atoms with Gasteiger partial charge in [-0.25, -0.2) is 0 Å². The van der Waals surface area contributed by atoms with Gasteiger partial charge in [0.25, 0.3) is 0 Å². The van der Waals surface area contributed by atoms with Crippen molar-refractivity contribution in [3.8, 4) is 0 Å².